The van der Waals surface area contributed by atoms with Crippen molar-refractivity contribution in [3.63, 3.8) is 0 Å². The molecule has 130 valence electrons. The fourth-order valence-electron chi connectivity index (χ4n) is 5.46. The van der Waals surface area contributed by atoms with Gasteiger partial charge in [-0.1, -0.05) is 5.57 Å². The van der Waals surface area contributed by atoms with Crippen LogP contribution in [0.5, 0.6) is 0 Å². The van der Waals surface area contributed by atoms with Gasteiger partial charge in [0, 0.05) is 25.9 Å². The second-order valence-corrected chi connectivity index (χ2v) is 10.7. The van der Waals surface area contributed by atoms with E-state index in [4.69, 9.17) is 0 Å². The first-order chi connectivity index (χ1) is 10.7. The summed E-state index contributed by atoms with van der Waals surface area (Å²) in [6, 6.07) is 0. The van der Waals surface area contributed by atoms with Gasteiger partial charge in [-0.2, -0.15) is 0 Å². The van der Waals surface area contributed by atoms with Crippen molar-refractivity contribution in [3.05, 3.63) is 11.6 Å². The first-order valence-electron chi connectivity index (χ1n) is 8.78. The average Bonchev–Trinajstić information content (AvgIpc) is 2.42. The van der Waals surface area contributed by atoms with E-state index >= 15 is 0 Å². The maximum Gasteiger partial charge on any atom is 0.246 e. The molecule has 4 bridgehead atoms. The first kappa shape index (κ1) is 17.0. The van der Waals surface area contributed by atoms with E-state index in [-0.39, 0.29) is 23.6 Å². The Morgan fingerprint density at radius 1 is 1.13 bits per heavy atom. The van der Waals surface area contributed by atoms with E-state index < -0.39 is 9.84 Å². The van der Waals surface area contributed by atoms with E-state index in [2.05, 4.69) is 6.92 Å². The third kappa shape index (κ3) is 3.65. The molecule has 0 aromatic rings. The van der Waals surface area contributed by atoms with Gasteiger partial charge in [0.1, 0.15) is 9.84 Å². The molecule has 0 N–H and O–H groups in total. The van der Waals surface area contributed by atoms with Crippen LogP contribution in [0.15, 0.2) is 11.6 Å². The number of hydrogen-bond acceptors (Lipinski definition) is 3. The van der Waals surface area contributed by atoms with Crippen LogP contribution in [0.1, 0.15) is 45.4 Å². The topological polar surface area (TPSA) is 54.5 Å². The van der Waals surface area contributed by atoms with Gasteiger partial charge in [0.2, 0.25) is 5.91 Å². The lowest BCUT2D eigenvalue weighted by Crippen LogP contribution is -2.46. The Morgan fingerprint density at radius 3 is 2.04 bits per heavy atom. The zero-order valence-electron chi connectivity index (χ0n) is 14.5. The molecule has 4 aliphatic rings. The van der Waals surface area contributed by atoms with Crippen LogP contribution in [0, 0.1) is 23.2 Å². The highest BCUT2D eigenvalue weighted by Gasteiger charge is 2.51. The van der Waals surface area contributed by atoms with Crippen LogP contribution in [-0.4, -0.2) is 44.8 Å². The molecule has 0 aliphatic heterocycles. The molecule has 1 amide bonds. The van der Waals surface area contributed by atoms with Crippen molar-refractivity contribution in [1.29, 1.82) is 0 Å². The molecule has 0 aromatic heterocycles. The van der Waals surface area contributed by atoms with E-state index in [1.54, 1.807) is 13.1 Å². The highest BCUT2D eigenvalue weighted by Crippen LogP contribution is 2.62. The molecule has 23 heavy (non-hydrogen) atoms. The molecule has 0 saturated heterocycles. The molecule has 0 spiro atoms. The quantitative estimate of drug-likeness (QED) is 0.724. The lowest BCUT2D eigenvalue weighted by molar-refractivity contribution is -0.124. The highest BCUT2D eigenvalue weighted by atomic mass is 32.2. The molecule has 0 radical (unpaired) electrons. The number of hydrogen-bond donors (Lipinski definition) is 0. The van der Waals surface area contributed by atoms with Crippen LogP contribution >= 0.6 is 0 Å². The number of likely N-dealkylation sites (N-methyl/N-ethyl adjacent to an activating group) is 1. The Kier molecular flexibility index (Phi) is 4.36. The van der Waals surface area contributed by atoms with E-state index in [1.165, 1.54) is 55.3 Å². The number of allylic oxidation sites excluding steroid dienone is 1. The zero-order chi connectivity index (χ0) is 16.8. The van der Waals surface area contributed by atoms with Crippen molar-refractivity contribution in [2.75, 3.05) is 25.6 Å². The van der Waals surface area contributed by atoms with Crippen molar-refractivity contribution < 1.29 is 13.2 Å². The summed E-state index contributed by atoms with van der Waals surface area (Å²) in [6.45, 7) is 2.39. The Hall–Kier alpha value is -0.840. The lowest BCUT2D eigenvalue weighted by atomic mass is 9.48. The molecule has 4 saturated carbocycles. The van der Waals surface area contributed by atoms with Crippen LogP contribution in [0.4, 0.5) is 0 Å². The van der Waals surface area contributed by atoms with Crippen molar-refractivity contribution in [3.8, 4) is 0 Å². The lowest BCUT2D eigenvalue weighted by Gasteiger charge is -2.57. The molecule has 0 atom stereocenters. The first-order valence-corrected chi connectivity index (χ1v) is 10.8. The standard InChI is InChI=1S/C18H29NO3S/c1-13(6-17(20)19(2)4-5-23(3,21)22)18-10-14-7-15(11-18)9-16(8-14)12-18/h6,14-16H,4-5,7-12H2,1-3H3. The number of amides is 1. The maximum absolute atomic E-state index is 12.4. The van der Waals surface area contributed by atoms with Crippen LogP contribution < -0.4 is 0 Å². The summed E-state index contributed by atoms with van der Waals surface area (Å²) in [7, 11) is -1.34. The van der Waals surface area contributed by atoms with Gasteiger partial charge in [0.05, 0.1) is 5.75 Å². The Bertz CT molecular complexity index is 585. The third-order valence-electron chi connectivity index (χ3n) is 6.39. The Labute approximate surface area is 140 Å². The largest absolute Gasteiger partial charge is 0.341 e. The fraction of sp³-hybridized carbons (Fsp3) is 0.833. The SMILES string of the molecule is CC(=CC(=O)N(C)CCS(C)(=O)=O)C12CC3CC(CC(C3)C1)C2. The van der Waals surface area contributed by atoms with Gasteiger partial charge < -0.3 is 4.90 Å². The predicted octanol–water partition coefficient (Wildman–Crippen LogP) is 2.65. The summed E-state index contributed by atoms with van der Waals surface area (Å²) in [6.07, 6.45) is 10.9. The van der Waals surface area contributed by atoms with E-state index in [0.717, 1.165) is 17.8 Å². The Balaban J connectivity index is 1.68. The molecule has 0 heterocycles. The highest BCUT2D eigenvalue weighted by molar-refractivity contribution is 7.90. The van der Waals surface area contributed by atoms with E-state index in [9.17, 15) is 13.2 Å². The predicted molar refractivity (Wildman–Crippen MR) is 91.7 cm³/mol. The summed E-state index contributed by atoms with van der Waals surface area (Å²) >= 11 is 0. The molecule has 4 rings (SSSR count). The fourth-order valence-corrected chi connectivity index (χ4v) is 6.06. The van der Waals surface area contributed by atoms with Crippen molar-refractivity contribution in [2.45, 2.75) is 45.4 Å². The average molecular weight is 340 g/mol. The molecule has 4 fully saturated rings. The minimum absolute atomic E-state index is 0.0273. The van der Waals surface area contributed by atoms with Gasteiger partial charge in [-0.05, 0) is 68.6 Å². The summed E-state index contributed by atoms with van der Waals surface area (Å²) < 4.78 is 22.5. The number of carbonyl (C=O) groups excluding carboxylic acids is 1. The molecule has 0 unspecified atom stereocenters. The van der Waals surface area contributed by atoms with E-state index in [0.29, 0.717) is 0 Å². The molecule has 5 heteroatoms. The minimum atomic E-state index is -3.03. The van der Waals surface area contributed by atoms with Gasteiger partial charge in [-0.25, -0.2) is 8.42 Å². The van der Waals surface area contributed by atoms with Gasteiger partial charge in [0.15, 0.2) is 0 Å². The van der Waals surface area contributed by atoms with Gasteiger partial charge in [-0.3, -0.25) is 4.79 Å². The summed E-state index contributed by atoms with van der Waals surface area (Å²) in [5, 5.41) is 0. The van der Waals surface area contributed by atoms with Gasteiger partial charge in [0.25, 0.3) is 0 Å². The Morgan fingerprint density at radius 2 is 1.61 bits per heavy atom. The number of rotatable bonds is 5. The van der Waals surface area contributed by atoms with Crippen molar-refractivity contribution in [1.82, 2.24) is 4.90 Å². The molecule has 0 aromatic carbocycles. The van der Waals surface area contributed by atoms with Gasteiger partial charge >= 0.3 is 0 Å². The van der Waals surface area contributed by atoms with Crippen LogP contribution in [0.3, 0.4) is 0 Å². The number of sulfone groups is 1. The summed E-state index contributed by atoms with van der Waals surface area (Å²) in [5.41, 5.74) is 1.48. The normalized spacial score (nSPS) is 36.3. The molecule has 4 nitrogen and oxygen atoms in total. The smallest absolute Gasteiger partial charge is 0.246 e. The summed E-state index contributed by atoms with van der Waals surface area (Å²) in [4.78, 5) is 14.0. The van der Waals surface area contributed by atoms with Crippen molar-refractivity contribution in [2.24, 2.45) is 23.2 Å². The second kappa shape index (κ2) is 5.91. The van der Waals surface area contributed by atoms with Gasteiger partial charge in [-0.15, -0.1) is 0 Å². The van der Waals surface area contributed by atoms with Crippen molar-refractivity contribution >= 4 is 15.7 Å². The molecular formula is C18H29NO3S. The van der Waals surface area contributed by atoms with Crippen LogP contribution in [0.2, 0.25) is 0 Å². The third-order valence-corrected chi connectivity index (χ3v) is 7.31. The maximum atomic E-state index is 12.4. The monoisotopic (exact) mass is 339 g/mol. The number of nitrogens with zero attached hydrogens (tertiary/aromatic N) is 1. The van der Waals surface area contributed by atoms with Crippen LogP contribution in [0.25, 0.3) is 0 Å². The number of carbonyl (C=O) groups is 1. The van der Waals surface area contributed by atoms with Crippen LogP contribution in [-0.2, 0) is 14.6 Å². The zero-order valence-corrected chi connectivity index (χ0v) is 15.4. The minimum Gasteiger partial charge on any atom is -0.341 e. The second-order valence-electron chi connectivity index (χ2n) is 8.41. The molecular weight excluding hydrogens is 310 g/mol. The molecule has 4 aliphatic carbocycles. The van der Waals surface area contributed by atoms with E-state index in [1.807, 2.05) is 0 Å². The summed E-state index contributed by atoms with van der Waals surface area (Å²) in [5.74, 6) is 2.56.